The summed E-state index contributed by atoms with van der Waals surface area (Å²) in [5, 5.41) is 8.91. The number of aliphatic hydroxyl groups excluding tert-OH is 1. The van der Waals surface area contributed by atoms with E-state index in [1.807, 2.05) is 0 Å². The first-order chi connectivity index (χ1) is 8.19. The predicted molar refractivity (Wildman–Crippen MR) is 67.7 cm³/mol. The Morgan fingerprint density at radius 2 is 1.53 bits per heavy atom. The van der Waals surface area contributed by atoms with Gasteiger partial charge >= 0.3 is 0 Å². The maximum atomic E-state index is 8.91. The predicted octanol–water partition coefficient (Wildman–Crippen LogP) is 2.14. The minimum absolute atomic E-state index is 0.0229. The van der Waals surface area contributed by atoms with Gasteiger partial charge in [-0.3, -0.25) is 0 Å². The molecule has 2 rings (SSSR count). The highest BCUT2D eigenvalue weighted by atomic mass is 16.5. The average molecular weight is 230 g/mol. The first kappa shape index (κ1) is 11.3. The highest BCUT2D eigenvalue weighted by molar-refractivity contribution is 5.65. The van der Waals surface area contributed by atoms with Crippen molar-refractivity contribution in [3.63, 3.8) is 0 Å². The van der Waals surface area contributed by atoms with Gasteiger partial charge in [0.25, 0.3) is 0 Å². The monoisotopic (exact) mass is 230 g/mol. The first-order valence-electron chi connectivity index (χ1n) is 5.21. The summed E-state index contributed by atoms with van der Waals surface area (Å²) in [7, 11) is 0. The molecule has 5 N–H and O–H groups in total. The molecule has 0 aromatic heterocycles. The van der Waals surface area contributed by atoms with E-state index in [4.69, 9.17) is 21.3 Å². The summed E-state index contributed by atoms with van der Waals surface area (Å²) in [6, 6.07) is 12.3. The van der Waals surface area contributed by atoms with Gasteiger partial charge in [0.05, 0.1) is 18.0 Å². The fourth-order valence-corrected chi connectivity index (χ4v) is 1.42. The lowest BCUT2D eigenvalue weighted by Gasteiger charge is -2.08. The smallest absolute Gasteiger partial charge is 0.129 e. The lowest BCUT2D eigenvalue weighted by molar-refractivity contribution is 0.281. The van der Waals surface area contributed by atoms with Crippen LogP contribution < -0.4 is 16.2 Å². The Kier molecular flexibility index (Phi) is 3.16. The Morgan fingerprint density at radius 3 is 2.12 bits per heavy atom. The van der Waals surface area contributed by atoms with Crippen molar-refractivity contribution in [3.05, 3.63) is 48.0 Å². The normalized spacial score (nSPS) is 10.2. The summed E-state index contributed by atoms with van der Waals surface area (Å²) < 4.78 is 5.60. The number of hydrogen-bond acceptors (Lipinski definition) is 4. The number of aliphatic hydroxyl groups is 1. The van der Waals surface area contributed by atoms with Crippen LogP contribution in [0.15, 0.2) is 42.5 Å². The summed E-state index contributed by atoms with van der Waals surface area (Å²) in [6.07, 6.45) is 0. The van der Waals surface area contributed by atoms with Crippen LogP contribution in [-0.2, 0) is 6.61 Å². The van der Waals surface area contributed by atoms with E-state index in [0.717, 1.165) is 5.56 Å². The third-order valence-corrected chi connectivity index (χ3v) is 2.40. The second-order valence-corrected chi connectivity index (χ2v) is 3.69. The van der Waals surface area contributed by atoms with Gasteiger partial charge in [0, 0.05) is 6.07 Å². The molecule has 0 saturated carbocycles. The van der Waals surface area contributed by atoms with Crippen LogP contribution in [0, 0.1) is 0 Å². The van der Waals surface area contributed by atoms with E-state index < -0.39 is 0 Å². The van der Waals surface area contributed by atoms with Crippen molar-refractivity contribution in [1.82, 2.24) is 0 Å². The van der Waals surface area contributed by atoms with Gasteiger partial charge in [-0.1, -0.05) is 12.1 Å². The number of nitrogens with two attached hydrogens (primary N) is 2. The molecule has 0 fully saturated rings. The standard InChI is InChI=1S/C13H14N2O2/c14-12-6-5-11(7-13(12)15)17-10-3-1-9(8-16)2-4-10/h1-7,16H,8,14-15H2. The first-order valence-corrected chi connectivity index (χ1v) is 5.21. The molecule has 0 atom stereocenters. The minimum atomic E-state index is 0.0229. The van der Waals surface area contributed by atoms with Crippen LogP contribution in [0.2, 0.25) is 0 Å². The number of hydrogen-bond donors (Lipinski definition) is 3. The van der Waals surface area contributed by atoms with Gasteiger partial charge in [0.2, 0.25) is 0 Å². The molecule has 0 amide bonds. The van der Waals surface area contributed by atoms with Crippen LogP contribution in [0.25, 0.3) is 0 Å². The molecule has 0 heterocycles. The topological polar surface area (TPSA) is 81.5 Å². The lowest BCUT2D eigenvalue weighted by atomic mass is 10.2. The van der Waals surface area contributed by atoms with E-state index in [2.05, 4.69) is 0 Å². The molecule has 17 heavy (non-hydrogen) atoms. The third-order valence-electron chi connectivity index (χ3n) is 2.40. The molecule has 0 bridgehead atoms. The quantitative estimate of drug-likeness (QED) is 0.705. The van der Waals surface area contributed by atoms with Gasteiger partial charge in [-0.05, 0) is 29.8 Å². The van der Waals surface area contributed by atoms with Crippen LogP contribution in [0.1, 0.15) is 5.56 Å². The lowest BCUT2D eigenvalue weighted by Crippen LogP contribution is -1.94. The molecule has 4 nitrogen and oxygen atoms in total. The van der Waals surface area contributed by atoms with E-state index in [0.29, 0.717) is 22.9 Å². The Hall–Kier alpha value is -2.20. The molecule has 2 aromatic rings. The van der Waals surface area contributed by atoms with Gasteiger partial charge in [-0.15, -0.1) is 0 Å². The largest absolute Gasteiger partial charge is 0.457 e. The van der Waals surface area contributed by atoms with E-state index >= 15 is 0 Å². The van der Waals surface area contributed by atoms with E-state index in [-0.39, 0.29) is 6.61 Å². The number of anilines is 2. The van der Waals surface area contributed by atoms with E-state index in [1.165, 1.54) is 0 Å². The fourth-order valence-electron chi connectivity index (χ4n) is 1.42. The summed E-state index contributed by atoms with van der Waals surface area (Å²) >= 11 is 0. The minimum Gasteiger partial charge on any atom is -0.457 e. The van der Waals surface area contributed by atoms with Crippen molar-refractivity contribution in [2.75, 3.05) is 11.5 Å². The van der Waals surface area contributed by atoms with Crippen LogP contribution in [-0.4, -0.2) is 5.11 Å². The highest BCUT2D eigenvalue weighted by Crippen LogP contribution is 2.26. The van der Waals surface area contributed by atoms with Crippen molar-refractivity contribution in [2.24, 2.45) is 0 Å². The maximum Gasteiger partial charge on any atom is 0.129 e. The van der Waals surface area contributed by atoms with Crippen LogP contribution in [0.3, 0.4) is 0 Å². The summed E-state index contributed by atoms with van der Waals surface area (Å²) in [4.78, 5) is 0. The zero-order chi connectivity index (χ0) is 12.3. The average Bonchev–Trinajstić information content (AvgIpc) is 2.35. The fraction of sp³-hybridized carbons (Fsp3) is 0.0769. The van der Waals surface area contributed by atoms with Gasteiger partial charge < -0.3 is 21.3 Å². The SMILES string of the molecule is Nc1ccc(Oc2ccc(CO)cc2)cc1N. The molecule has 0 aliphatic heterocycles. The molecule has 88 valence electrons. The van der Waals surface area contributed by atoms with E-state index in [9.17, 15) is 0 Å². The van der Waals surface area contributed by atoms with Crippen molar-refractivity contribution in [1.29, 1.82) is 0 Å². The second kappa shape index (κ2) is 4.76. The molecule has 2 aromatic carbocycles. The summed E-state index contributed by atoms with van der Waals surface area (Å²) in [5.41, 5.74) is 13.2. The molecule has 0 saturated heterocycles. The number of rotatable bonds is 3. The van der Waals surface area contributed by atoms with Gasteiger partial charge in [-0.25, -0.2) is 0 Å². The summed E-state index contributed by atoms with van der Waals surface area (Å²) in [5.74, 6) is 1.32. The number of benzene rings is 2. The van der Waals surface area contributed by atoms with Crippen molar-refractivity contribution in [2.45, 2.75) is 6.61 Å². The number of nitrogen functional groups attached to an aromatic ring is 2. The van der Waals surface area contributed by atoms with Crippen molar-refractivity contribution >= 4 is 11.4 Å². The number of ether oxygens (including phenoxy) is 1. The van der Waals surface area contributed by atoms with Gasteiger partial charge in [0.15, 0.2) is 0 Å². The second-order valence-electron chi connectivity index (χ2n) is 3.69. The van der Waals surface area contributed by atoms with Crippen molar-refractivity contribution in [3.8, 4) is 11.5 Å². The maximum absolute atomic E-state index is 8.91. The van der Waals surface area contributed by atoms with Gasteiger partial charge in [-0.2, -0.15) is 0 Å². The highest BCUT2D eigenvalue weighted by Gasteiger charge is 2.00. The van der Waals surface area contributed by atoms with Crippen LogP contribution in [0.4, 0.5) is 11.4 Å². The molecule has 0 radical (unpaired) electrons. The molecular weight excluding hydrogens is 216 g/mol. The Labute approximate surface area is 99.4 Å². The van der Waals surface area contributed by atoms with Crippen LogP contribution >= 0.6 is 0 Å². The Balaban J connectivity index is 2.16. The zero-order valence-corrected chi connectivity index (χ0v) is 9.26. The summed E-state index contributed by atoms with van der Waals surface area (Å²) in [6.45, 7) is 0.0229. The molecule has 0 spiro atoms. The van der Waals surface area contributed by atoms with Crippen LogP contribution in [0.5, 0.6) is 11.5 Å². The van der Waals surface area contributed by atoms with E-state index in [1.54, 1.807) is 42.5 Å². The Bertz CT molecular complexity index is 509. The molecular formula is C13H14N2O2. The molecule has 0 aliphatic rings. The van der Waals surface area contributed by atoms with Crippen molar-refractivity contribution < 1.29 is 9.84 Å². The third kappa shape index (κ3) is 2.68. The molecule has 0 unspecified atom stereocenters. The molecule has 4 heteroatoms. The Morgan fingerprint density at radius 1 is 0.882 bits per heavy atom. The molecule has 0 aliphatic carbocycles. The zero-order valence-electron chi connectivity index (χ0n) is 9.26. The van der Waals surface area contributed by atoms with Gasteiger partial charge in [0.1, 0.15) is 11.5 Å².